The second-order valence-electron chi connectivity index (χ2n) is 5.55. The Morgan fingerprint density at radius 1 is 1.28 bits per heavy atom. The van der Waals surface area contributed by atoms with Crippen molar-refractivity contribution < 1.29 is 13.2 Å². The first-order valence-electron chi connectivity index (χ1n) is 6.18. The summed E-state index contributed by atoms with van der Waals surface area (Å²) in [6, 6.07) is 4.05. The summed E-state index contributed by atoms with van der Waals surface area (Å²) in [5, 5.41) is 0. The lowest BCUT2D eigenvalue weighted by atomic mass is 9.77. The number of benzene rings is 1. The summed E-state index contributed by atoms with van der Waals surface area (Å²) in [7, 11) is 0. The van der Waals surface area contributed by atoms with E-state index < -0.39 is 22.7 Å². The molecule has 0 bridgehead atoms. The van der Waals surface area contributed by atoms with E-state index in [-0.39, 0.29) is 18.0 Å². The van der Waals surface area contributed by atoms with Crippen LogP contribution < -0.4 is 5.73 Å². The van der Waals surface area contributed by atoms with Crippen LogP contribution in [0.5, 0.6) is 0 Å². The van der Waals surface area contributed by atoms with Crippen molar-refractivity contribution in [2.45, 2.75) is 39.2 Å². The summed E-state index contributed by atoms with van der Waals surface area (Å²) in [5.74, 6) is -4.07. The van der Waals surface area contributed by atoms with Crippen LogP contribution in [0.3, 0.4) is 0 Å². The van der Waals surface area contributed by atoms with Crippen molar-refractivity contribution in [1.82, 2.24) is 0 Å². The largest absolute Gasteiger partial charge is 0.326 e. The summed E-state index contributed by atoms with van der Waals surface area (Å²) in [6.45, 7) is 2.96. The lowest BCUT2D eigenvalue weighted by Crippen LogP contribution is -2.37. The van der Waals surface area contributed by atoms with Gasteiger partial charge >= 0.3 is 0 Å². The number of hydrogen-bond acceptors (Lipinski definition) is 1. The monoisotopic (exact) mass is 257 g/mol. The molecule has 0 aromatic heterocycles. The third-order valence-electron chi connectivity index (χ3n) is 4.04. The number of hydrogen-bond donors (Lipinski definition) is 1. The third kappa shape index (κ3) is 1.92. The van der Waals surface area contributed by atoms with E-state index in [1.165, 1.54) is 32.0 Å². The quantitative estimate of drug-likeness (QED) is 0.872. The summed E-state index contributed by atoms with van der Waals surface area (Å²) in [5.41, 5.74) is 3.75. The summed E-state index contributed by atoms with van der Waals surface area (Å²) >= 11 is 0. The maximum absolute atomic E-state index is 14.5. The molecule has 4 heteroatoms. The van der Waals surface area contributed by atoms with E-state index in [9.17, 15) is 13.2 Å². The second kappa shape index (κ2) is 4.26. The predicted molar refractivity (Wildman–Crippen MR) is 64.7 cm³/mol. The summed E-state index contributed by atoms with van der Waals surface area (Å²) in [6.07, 6.45) is 1.58. The molecule has 1 aliphatic rings. The van der Waals surface area contributed by atoms with Crippen LogP contribution in [0.4, 0.5) is 13.2 Å². The van der Waals surface area contributed by atoms with Gasteiger partial charge in [-0.25, -0.2) is 13.2 Å². The molecule has 2 rings (SSSR count). The fourth-order valence-corrected chi connectivity index (χ4v) is 2.39. The van der Waals surface area contributed by atoms with Crippen LogP contribution in [-0.4, -0.2) is 0 Å². The molecule has 18 heavy (non-hydrogen) atoms. The molecule has 0 amide bonds. The molecule has 0 radical (unpaired) electrons. The van der Waals surface area contributed by atoms with Crippen molar-refractivity contribution in [2.24, 2.45) is 17.1 Å². The Bertz CT molecular complexity index is 450. The van der Waals surface area contributed by atoms with E-state index in [4.69, 9.17) is 5.73 Å². The van der Waals surface area contributed by atoms with Gasteiger partial charge < -0.3 is 5.73 Å². The molecule has 100 valence electrons. The highest BCUT2D eigenvalue weighted by molar-refractivity contribution is 5.31. The van der Waals surface area contributed by atoms with Gasteiger partial charge in [0, 0.05) is 17.5 Å². The topological polar surface area (TPSA) is 26.0 Å². The van der Waals surface area contributed by atoms with Gasteiger partial charge in [-0.2, -0.15) is 0 Å². The van der Waals surface area contributed by atoms with E-state index in [2.05, 4.69) is 0 Å². The molecule has 1 fully saturated rings. The van der Waals surface area contributed by atoms with Gasteiger partial charge in [0.2, 0.25) is 0 Å². The molecule has 1 aromatic carbocycles. The Balaban J connectivity index is 2.46. The third-order valence-corrected chi connectivity index (χ3v) is 4.04. The Hall–Kier alpha value is -1.03. The molecule has 1 aromatic rings. The van der Waals surface area contributed by atoms with Gasteiger partial charge in [0.15, 0.2) is 0 Å². The van der Waals surface area contributed by atoms with Crippen molar-refractivity contribution in [3.05, 3.63) is 35.1 Å². The van der Waals surface area contributed by atoms with Crippen molar-refractivity contribution >= 4 is 0 Å². The molecule has 0 unspecified atom stereocenters. The maximum atomic E-state index is 14.5. The lowest BCUT2D eigenvalue weighted by Gasteiger charge is -2.35. The van der Waals surface area contributed by atoms with Crippen LogP contribution in [0.25, 0.3) is 0 Å². The van der Waals surface area contributed by atoms with Crippen LogP contribution in [-0.2, 0) is 12.5 Å². The van der Waals surface area contributed by atoms with Crippen molar-refractivity contribution in [2.75, 3.05) is 0 Å². The van der Waals surface area contributed by atoms with Gasteiger partial charge in [0.05, 0.1) is 5.56 Å². The highest BCUT2D eigenvalue weighted by Crippen LogP contribution is 2.57. The average molecular weight is 257 g/mol. The zero-order valence-corrected chi connectivity index (χ0v) is 10.6. The summed E-state index contributed by atoms with van der Waals surface area (Å²) < 4.78 is 43.1. The van der Waals surface area contributed by atoms with Crippen molar-refractivity contribution in [3.63, 3.8) is 0 Å². The second-order valence-corrected chi connectivity index (χ2v) is 5.55. The van der Waals surface area contributed by atoms with Crippen LogP contribution in [0.2, 0.25) is 0 Å². The van der Waals surface area contributed by atoms with E-state index in [0.29, 0.717) is 0 Å². The molecule has 0 saturated heterocycles. The smallest absolute Gasteiger partial charge is 0.281 e. The zero-order valence-electron chi connectivity index (χ0n) is 10.6. The molecular weight excluding hydrogens is 239 g/mol. The first-order chi connectivity index (χ1) is 8.32. The maximum Gasteiger partial charge on any atom is 0.281 e. The Morgan fingerprint density at radius 3 is 2.39 bits per heavy atom. The van der Waals surface area contributed by atoms with Crippen LogP contribution in [0, 0.1) is 17.2 Å². The van der Waals surface area contributed by atoms with Gasteiger partial charge in [-0.3, -0.25) is 0 Å². The van der Waals surface area contributed by atoms with Crippen LogP contribution in [0.15, 0.2) is 18.2 Å². The summed E-state index contributed by atoms with van der Waals surface area (Å²) in [4.78, 5) is 0. The molecule has 0 heterocycles. The lowest BCUT2D eigenvalue weighted by molar-refractivity contribution is -0.126. The van der Waals surface area contributed by atoms with E-state index in [0.717, 1.165) is 12.8 Å². The van der Waals surface area contributed by atoms with Gasteiger partial charge in [0.25, 0.3) is 5.92 Å². The Morgan fingerprint density at radius 2 is 1.89 bits per heavy atom. The fourth-order valence-electron chi connectivity index (χ4n) is 2.39. The zero-order chi connectivity index (χ0) is 13.6. The predicted octanol–water partition coefficient (Wildman–Crippen LogP) is 3.81. The number of rotatable bonds is 4. The molecular formula is C14H18F3N. The molecule has 1 aliphatic carbocycles. The molecule has 0 spiro atoms. The minimum absolute atomic E-state index is 0.0339. The minimum atomic E-state index is -3.18. The minimum Gasteiger partial charge on any atom is -0.326 e. The van der Waals surface area contributed by atoms with Gasteiger partial charge in [-0.05, 0) is 18.8 Å². The first kappa shape index (κ1) is 13.4. The standard InChI is InChI=1S/C14H18F3N/c1-13(2,10-6-7-10)14(16,17)11-5-3-4-9(8-18)12(11)15/h3-5,10H,6-8,18H2,1-2H3. The van der Waals surface area contributed by atoms with E-state index >= 15 is 0 Å². The molecule has 1 nitrogen and oxygen atoms in total. The van der Waals surface area contributed by atoms with E-state index in [1.54, 1.807) is 0 Å². The number of nitrogens with two attached hydrogens (primary N) is 1. The molecule has 1 saturated carbocycles. The highest BCUT2D eigenvalue weighted by atomic mass is 19.3. The average Bonchev–Trinajstić information content (AvgIpc) is 3.12. The van der Waals surface area contributed by atoms with Crippen LogP contribution in [0.1, 0.15) is 37.8 Å². The Labute approximate surface area is 105 Å². The van der Waals surface area contributed by atoms with Gasteiger partial charge in [-0.1, -0.05) is 32.0 Å². The van der Waals surface area contributed by atoms with Gasteiger partial charge in [0.1, 0.15) is 5.82 Å². The SMILES string of the molecule is CC(C)(C1CC1)C(F)(F)c1cccc(CN)c1F. The van der Waals surface area contributed by atoms with Crippen molar-refractivity contribution in [1.29, 1.82) is 0 Å². The number of alkyl halides is 2. The fraction of sp³-hybridized carbons (Fsp3) is 0.571. The van der Waals surface area contributed by atoms with Crippen LogP contribution >= 0.6 is 0 Å². The molecule has 0 atom stereocenters. The molecule has 2 N–H and O–H groups in total. The normalized spacial score (nSPS) is 17.0. The van der Waals surface area contributed by atoms with Gasteiger partial charge in [-0.15, -0.1) is 0 Å². The van der Waals surface area contributed by atoms with E-state index in [1.807, 2.05) is 0 Å². The number of halogens is 3. The molecule has 0 aliphatic heterocycles. The highest BCUT2D eigenvalue weighted by Gasteiger charge is 2.56. The first-order valence-corrected chi connectivity index (χ1v) is 6.18. The Kier molecular flexibility index (Phi) is 3.18. The van der Waals surface area contributed by atoms with Crippen molar-refractivity contribution in [3.8, 4) is 0 Å².